The molecule has 1 aromatic carbocycles. The van der Waals surface area contributed by atoms with Crippen molar-refractivity contribution in [1.29, 1.82) is 0 Å². The van der Waals surface area contributed by atoms with Crippen molar-refractivity contribution in [2.75, 3.05) is 26.3 Å². The van der Waals surface area contributed by atoms with Gasteiger partial charge in [-0.3, -0.25) is 9.59 Å². The number of allylic oxidation sites excluding steroid dienone is 10. The highest BCUT2D eigenvalue weighted by molar-refractivity contribution is 5.95. The van der Waals surface area contributed by atoms with Crippen LogP contribution in [0.25, 0.3) is 0 Å². The molecule has 0 bridgehead atoms. The number of carbonyl (C=O) groups excluding carboxylic acids is 2. The number of amides is 2. The second-order valence-electron chi connectivity index (χ2n) is 8.68. The van der Waals surface area contributed by atoms with Crippen molar-refractivity contribution in [3.05, 3.63) is 78.5 Å². The minimum Gasteiger partial charge on any atom is -0.504 e. The lowest BCUT2D eigenvalue weighted by molar-refractivity contribution is -0.121. The van der Waals surface area contributed by atoms with Crippen molar-refractivity contribution in [2.45, 2.75) is 58.3 Å². The summed E-state index contributed by atoms with van der Waals surface area (Å²) >= 11 is 0. The number of unbranched alkanes of at least 4 members (excludes halogenated alkanes) is 1. The fourth-order valence-electron chi connectivity index (χ4n) is 3.28. The average molecular weight is 541 g/mol. The van der Waals surface area contributed by atoms with Crippen molar-refractivity contribution in [1.82, 2.24) is 10.6 Å². The van der Waals surface area contributed by atoms with E-state index in [1.54, 1.807) is 0 Å². The van der Waals surface area contributed by atoms with Crippen LogP contribution in [0.15, 0.2) is 72.9 Å². The zero-order valence-corrected chi connectivity index (χ0v) is 23.0. The van der Waals surface area contributed by atoms with E-state index in [1.807, 2.05) is 0 Å². The minimum atomic E-state index is -0.675. The molecule has 0 aromatic heterocycles. The summed E-state index contributed by atoms with van der Waals surface area (Å²) in [4.78, 5) is 23.9. The first-order valence-corrected chi connectivity index (χ1v) is 13.6. The van der Waals surface area contributed by atoms with Crippen molar-refractivity contribution < 1.29 is 29.6 Å². The highest BCUT2D eigenvalue weighted by atomic mass is 16.5. The number of carbonyl (C=O) groups is 2. The largest absolute Gasteiger partial charge is 0.504 e. The molecule has 1 aromatic rings. The average Bonchev–Trinajstić information content (AvgIpc) is 2.92. The Morgan fingerprint density at radius 2 is 1.23 bits per heavy atom. The third-order valence-corrected chi connectivity index (χ3v) is 5.36. The van der Waals surface area contributed by atoms with Crippen LogP contribution in [0.5, 0.6) is 17.2 Å². The van der Waals surface area contributed by atoms with E-state index < -0.39 is 23.2 Å². The molecular formula is C31H44N2O6. The zero-order valence-electron chi connectivity index (χ0n) is 23.0. The number of nitrogens with one attached hydrogen (secondary N) is 2. The molecule has 0 aliphatic rings. The van der Waals surface area contributed by atoms with Crippen LogP contribution in [-0.2, 0) is 9.53 Å². The number of ether oxygens (including phenoxy) is 1. The summed E-state index contributed by atoms with van der Waals surface area (Å²) in [6.45, 7) is 3.29. The summed E-state index contributed by atoms with van der Waals surface area (Å²) in [6.07, 6.45) is 28.6. The Morgan fingerprint density at radius 3 is 1.77 bits per heavy atom. The maximum Gasteiger partial charge on any atom is 0.251 e. The Balaban J connectivity index is 1.97. The van der Waals surface area contributed by atoms with Gasteiger partial charge in [-0.2, -0.15) is 0 Å². The Morgan fingerprint density at radius 1 is 0.744 bits per heavy atom. The Kier molecular flexibility index (Phi) is 18.9. The summed E-state index contributed by atoms with van der Waals surface area (Å²) in [7, 11) is 0. The normalized spacial score (nSPS) is 12.0. The van der Waals surface area contributed by atoms with Crippen LogP contribution in [0.3, 0.4) is 0 Å². The molecule has 0 radical (unpaired) electrons. The van der Waals surface area contributed by atoms with Gasteiger partial charge in [-0.15, -0.1) is 0 Å². The van der Waals surface area contributed by atoms with Gasteiger partial charge in [0.25, 0.3) is 5.91 Å². The van der Waals surface area contributed by atoms with Crippen molar-refractivity contribution >= 4 is 11.8 Å². The van der Waals surface area contributed by atoms with E-state index in [0.29, 0.717) is 19.6 Å². The van der Waals surface area contributed by atoms with Crippen LogP contribution in [0.4, 0.5) is 0 Å². The molecule has 0 heterocycles. The lowest BCUT2D eigenvalue weighted by Gasteiger charge is -2.09. The molecule has 0 unspecified atom stereocenters. The number of phenolic OH excluding ortho intramolecular Hbond substituents is 3. The lowest BCUT2D eigenvalue weighted by atomic mass is 10.1. The molecule has 0 saturated heterocycles. The molecule has 0 saturated carbocycles. The molecule has 0 aliphatic heterocycles. The third-order valence-electron chi connectivity index (χ3n) is 5.36. The third kappa shape index (κ3) is 17.4. The van der Waals surface area contributed by atoms with E-state index in [2.05, 4.69) is 78.3 Å². The molecule has 0 fully saturated rings. The summed E-state index contributed by atoms with van der Waals surface area (Å²) in [5.74, 6) is -2.38. The second-order valence-corrected chi connectivity index (χ2v) is 8.68. The monoisotopic (exact) mass is 540 g/mol. The van der Waals surface area contributed by atoms with Gasteiger partial charge >= 0.3 is 0 Å². The first kappa shape index (κ1) is 33.2. The Bertz CT molecular complexity index is 972. The minimum absolute atomic E-state index is 0.0136. The zero-order chi connectivity index (χ0) is 28.6. The standard InChI is InChI=1S/C31H44N2O6/c1-2-3-4-5-6-7-8-9-10-11-12-13-14-15-16-17-18-19-29(36)32-20-22-39-23-21-33-31(38)26-24-27(34)30(37)28(35)25-26/h3-4,6-7,9-10,12-13,15-16,24-25,34-35,37H,2,5,8,11,14,17-23H2,1H3,(H,32,36)(H,33,38). The van der Waals surface area contributed by atoms with Crippen LogP contribution < -0.4 is 10.6 Å². The predicted octanol–water partition coefficient (Wildman–Crippen LogP) is 5.59. The summed E-state index contributed by atoms with van der Waals surface area (Å²) in [6, 6.07) is 2.12. The van der Waals surface area contributed by atoms with Crippen LogP contribution in [0.1, 0.15) is 68.6 Å². The molecule has 8 nitrogen and oxygen atoms in total. The van der Waals surface area contributed by atoms with E-state index in [4.69, 9.17) is 4.74 Å². The summed E-state index contributed by atoms with van der Waals surface area (Å²) in [5, 5.41) is 33.6. The van der Waals surface area contributed by atoms with Gasteiger partial charge < -0.3 is 30.7 Å². The van der Waals surface area contributed by atoms with Crippen LogP contribution in [0, 0.1) is 0 Å². The van der Waals surface area contributed by atoms with E-state index >= 15 is 0 Å². The first-order valence-electron chi connectivity index (χ1n) is 13.6. The smallest absolute Gasteiger partial charge is 0.251 e. The molecule has 0 spiro atoms. The molecule has 0 aliphatic carbocycles. The number of aromatic hydroxyl groups is 3. The SMILES string of the molecule is CCC=CCC=CCC=CCC=CCC=CCCCC(=O)NCCOCCNC(=O)c1cc(O)c(O)c(O)c1. The van der Waals surface area contributed by atoms with Gasteiger partial charge in [0.05, 0.1) is 13.2 Å². The van der Waals surface area contributed by atoms with E-state index in [1.165, 1.54) is 0 Å². The summed E-state index contributed by atoms with van der Waals surface area (Å²) < 4.78 is 5.38. The van der Waals surface area contributed by atoms with Crippen molar-refractivity contribution in [3.63, 3.8) is 0 Å². The van der Waals surface area contributed by atoms with E-state index in [-0.39, 0.29) is 24.6 Å². The Labute approximate surface area is 232 Å². The molecule has 39 heavy (non-hydrogen) atoms. The number of hydrogen-bond acceptors (Lipinski definition) is 6. The highest BCUT2D eigenvalue weighted by Crippen LogP contribution is 2.35. The quantitative estimate of drug-likeness (QED) is 0.0834. The van der Waals surface area contributed by atoms with Gasteiger partial charge in [0.15, 0.2) is 17.2 Å². The fourth-order valence-corrected chi connectivity index (χ4v) is 3.28. The van der Waals surface area contributed by atoms with Crippen LogP contribution in [0.2, 0.25) is 0 Å². The predicted molar refractivity (Wildman–Crippen MR) is 156 cm³/mol. The number of benzene rings is 1. The van der Waals surface area contributed by atoms with Crippen molar-refractivity contribution in [3.8, 4) is 17.2 Å². The maximum atomic E-state index is 12.0. The molecule has 214 valence electrons. The number of hydrogen-bond donors (Lipinski definition) is 5. The van der Waals surface area contributed by atoms with Gasteiger partial charge in [0.2, 0.25) is 5.91 Å². The summed E-state index contributed by atoms with van der Waals surface area (Å²) in [5.41, 5.74) is 0.0136. The van der Waals surface area contributed by atoms with Crippen LogP contribution >= 0.6 is 0 Å². The number of rotatable bonds is 20. The maximum absolute atomic E-state index is 12.0. The van der Waals surface area contributed by atoms with Gasteiger partial charge in [-0.25, -0.2) is 0 Å². The van der Waals surface area contributed by atoms with Gasteiger partial charge in [0, 0.05) is 25.1 Å². The topological polar surface area (TPSA) is 128 Å². The Hall–Kier alpha value is -3.78. The van der Waals surface area contributed by atoms with Crippen molar-refractivity contribution in [2.24, 2.45) is 0 Å². The molecule has 2 amide bonds. The lowest BCUT2D eigenvalue weighted by Crippen LogP contribution is -2.30. The highest BCUT2D eigenvalue weighted by Gasteiger charge is 2.13. The van der Waals surface area contributed by atoms with Gasteiger partial charge in [-0.05, 0) is 57.1 Å². The number of phenols is 3. The first-order chi connectivity index (χ1) is 19.0. The fraction of sp³-hybridized carbons (Fsp3) is 0.419. The molecule has 1 rings (SSSR count). The van der Waals surface area contributed by atoms with E-state index in [0.717, 1.165) is 57.1 Å². The van der Waals surface area contributed by atoms with E-state index in [9.17, 15) is 24.9 Å². The van der Waals surface area contributed by atoms with Gasteiger partial charge in [-0.1, -0.05) is 67.7 Å². The molecule has 0 atom stereocenters. The molecule has 5 N–H and O–H groups in total. The second kappa shape index (κ2) is 22.2. The molecule has 8 heteroatoms. The van der Waals surface area contributed by atoms with Crippen LogP contribution in [-0.4, -0.2) is 53.4 Å². The molecular weight excluding hydrogens is 496 g/mol. The van der Waals surface area contributed by atoms with Gasteiger partial charge in [0.1, 0.15) is 0 Å².